The van der Waals surface area contributed by atoms with Crippen molar-refractivity contribution in [3.63, 3.8) is 0 Å². The number of hydrogen-bond donors (Lipinski definition) is 2. The zero-order chi connectivity index (χ0) is 22.7. The lowest BCUT2D eigenvalue weighted by atomic mass is 10.1. The highest BCUT2D eigenvalue weighted by Crippen LogP contribution is 2.29. The molecule has 2 unspecified atom stereocenters. The van der Waals surface area contributed by atoms with E-state index in [2.05, 4.69) is 10.3 Å². The third-order valence-electron chi connectivity index (χ3n) is 5.32. The number of carbonyl (C=O) groups excluding carboxylic acids is 1. The van der Waals surface area contributed by atoms with Gasteiger partial charge in [-0.3, -0.25) is 15.2 Å². The summed E-state index contributed by atoms with van der Waals surface area (Å²) in [5.74, 6) is 0.211. The fraction of sp³-hybridized carbons (Fsp3) is 0.240. The molecule has 2 heterocycles. The zero-order valence-corrected chi connectivity index (χ0v) is 18.8. The molecule has 6 nitrogen and oxygen atoms in total. The van der Waals surface area contributed by atoms with Crippen LogP contribution in [0.1, 0.15) is 29.8 Å². The molecule has 3 aromatic rings. The van der Waals surface area contributed by atoms with Crippen LogP contribution in [0.3, 0.4) is 0 Å². The molecule has 0 aliphatic carbocycles. The summed E-state index contributed by atoms with van der Waals surface area (Å²) in [4.78, 5) is 19.1. The minimum atomic E-state index is -0.231. The van der Waals surface area contributed by atoms with E-state index >= 15 is 0 Å². The van der Waals surface area contributed by atoms with Gasteiger partial charge >= 0.3 is 0 Å². The number of amidine groups is 1. The first-order chi connectivity index (χ1) is 15.4. The van der Waals surface area contributed by atoms with E-state index in [1.54, 1.807) is 30.5 Å². The summed E-state index contributed by atoms with van der Waals surface area (Å²) in [5, 5.41) is 12.0. The minimum Gasteiger partial charge on any atom is -0.372 e. The molecule has 0 bridgehead atoms. The molecular weight excluding hydrogens is 424 g/mol. The van der Waals surface area contributed by atoms with E-state index in [-0.39, 0.29) is 18.1 Å². The molecule has 1 aliphatic rings. The number of rotatable bonds is 4. The molecule has 2 N–H and O–H groups in total. The molecule has 164 valence electrons. The number of benzene rings is 2. The molecule has 1 amide bonds. The number of pyridine rings is 1. The van der Waals surface area contributed by atoms with Gasteiger partial charge in [-0.1, -0.05) is 29.8 Å². The van der Waals surface area contributed by atoms with Gasteiger partial charge in [0.25, 0.3) is 5.91 Å². The molecule has 2 atom stereocenters. The van der Waals surface area contributed by atoms with Gasteiger partial charge in [-0.15, -0.1) is 0 Å². The smallest absolute Gasteiger partial charge is 0.255 e. The molecule has 4 rings (SSSR count). The first-order valence-corrected chi connectivity index (χ1v) is 10.9. The molecule has 32 heavy (non-hydrogen) atoms. The average Bonchev–Trinajstić information content (AvgIpc) is 2.80. The van der Waals surface area contributed by atoms with Gasteiger partial charge in [-0.25, -0.2) is 0 Å². The van der Waals surface area contributed by atoms with Gasteiger partial charge in [0.15, 0.2) is 0 Å². The summed E-state index contributed by atoms with van der Waals surface area (Å²) in [6.07, 6.45) is 1.87. The Labute approximate surface area is 192 Å². The summed E-state index contributed by atoms with van der Waals surface area (Å²) >= 11 is 6.33. The Kier molecular flexibility index (Phi) is 6.53. The summed E-state index contributed by atoms with van der Waals surface area (Å²) in [6.45, 7) is 5.39. The minimum absolute atomic E-state index is 0.0829. The largest absolute Gasteiger partial charge is 0.372 e. The van der Waals surface area contributed by atoms with Crippen molar-refractivity contribution in [2.45, 2.75) is 26.1 Å². The summed E-state index contributed by atoms with van der Waals surface area (Å²) in [6, 6.07) is 18.0. The van der Waals surface area contributed by atoms with Crippen LogP contribution in [0.4, 0.5) is 5.69 Å². The molecule has 0 radical (unpaired) electrons. The van der Waals surface area contributed by atoms with Crippen molar-refractivity contribution in [2.75, 3.05) is 18.4 Å². The Morgan fingerprint density at radius 3 is 2.41 bits per heavy atom. The summed E-state index contributed by atoms with van der Waals surface area (Å²) in [7, 11) is 0. The summed E-state index contributed by atoms with van der Waals surface area (Å²) < 4.78 is 5.75. The predicted octanol–water partition coefficient (Wildman–Crippen LogP) is 5.09. The highest BCUT2D eigenvalue weighted by molar-refractivity contribution is 6.33. The second kappa shape index (κ2) is 9.51. The normalized spacial score (nSPS) is 18.3. The van der Waals surface area contributed by atoms with Crippen molar-refractivity contribution < 1.29 is 9.53 Å². The maximum absolute atomic E-state index is 12.8. The molecule has 7 heteroatoms. The number of amides is 1. The van der Waals surface area contributed by atoms with E-state index in [4.69, 9.17) is 21.7 Å². The lowest BCUT2D eigenvalue weighted by Crippen LogP contribution is -2.48. The van der Waals surface area contributed by atoms with Gasteiger partial charge in [-0.05, 0) is 56.3 Å². The Bertz CT molecular complexity index is 1110. The number of nitrogens with one attached hydrogen (secondary N) is 2. The summed E-state index contributed by atoms with van der Waals surface area (Å²) in [5.41, 5.74) is 3.41. The third-order valence-corrected chi connectivity index (χ3v) is 5.65. The van der Waals surface area contributed by atoms with Crippen LogP contribution < -0.4 is 5.32 Å². The molecule has 0 saturated carbocycles. The van der Waals surface area contributed by atoms with E-state index in [0.29, 0.717) is 35.2 Å². The van der Waals surface area contributed by atoms with E-state index < -0.39 is 0 Å². The Balaban J connectivity index is 1.46. The first-order valence-electron chi connectivity index (χ1n) is 10.5. The van der Waals surface area contributed by atoms with E-state index in [0.717, 1.165) is 16.8 Å². The number of hydrogen-bond acceptors (Lipinski definition) is 4. The number of carbonyl (C=O) groups is 1. The highest BCUT2D eigenvalue weighted by atomic mass is 35.5. The Morgan fingerprint density at radius 2 is 1.75 bits per heavy atom. The van der Waals surface area contributed by atoms with Crippen molar-refractivity contribution in [1.82, 2.24) is 9.88 Å². The van der Waals surface area contributed by atoms with E-state index in [1.165, 1.54) is 0 Å². The molecule has 2 aromatic carbocycles. The van der Waals surface area contributed by atoms with E-state index in [1.807, 2.05) is 55.1 Å². The maximum Gasteiger partial charge on any atom is 0.255 e. The van der Waals surface area contributed by atoms with Crippen LogP contribution in [0.5, 0.6) is 0 Å². The predicted molar refractivity (Wildman–Crippen MR) is 127 cm³/mol. The lowest BCUT2D eigenvalue weighted by molar-refractivity contribution is -0.0480. The zero-order valence-electron chi connectivity index (χ0n) is 18.0. The first kappa shape index (κ1) is 22.0. The van der Waals surface area contributed by atoms with Gasteiger partial charge in [-0.2, -0.15) is 0 Å². The lowest BCUT2D eigenvalue weighted by Gasteiger charge is -2.36. The van der Waals surface area contributed by atoms with Crippen LogP contribution in [-0.2, 0) is 4.74 Å². The Morgan fingerprint density at radius 1 is 1.06 bits per heavy atom. The maximum atomic E-state index is 12.8. The quantitative estimate of drug-likeness (QED) is 0.430. The van der Waals surface area contributed by atoms with Crippen molar-refractivity contribution in [1.29, 1.82) is 5.41 Å². The van der Waals surface area contributed by atoms with Crippen molar-refractivity contribution in [3.8, 4) is 11.3 Å². The number of ether oxygens (including phenoxy) is 1. The SMILES string of the molecule is CC1CN(C(=N)c2ccc(C(=O)Nc3ccc(Cl)c(-c4ccccn4)c3)cc2)CC(C)O1. The second-order valence-electron chi connectivity index (χ2n) is 7.95. The number of nitrogens with zero attached hydrogens (tertiary/aromatic N) is 2. The topological polar surface area (TPSA) is 78.3 Å². The molecule has 1 fully saturated rings. The van der Waals surface area contributed by atoms with Gasteiger partial charge in [0.05, 0.1) is 22.9 Å². The van der Waals surface area contributed by atoms with Crippen LogP contribution >= 0.6 is 11.6 Å². The van der Waals surface area contributed by atoms with Crippen LogP contribution in [0, 0.1) is 5.41 Å². The van der Waals surface area contributed by atoms with Crippen LogP contribution in [0.15, 0.2) is 66.9 Å². The van der Waals surface area contributed by atoms with Crippen LogP contribution in [0.25, 0.3) is 11.3 Å². The number of halogens is 1. The second-order valence-corrected chi connectivity index (χ2v) is 8.36. The van der Waals surface area contributed by atoms with Crippen molar-refractivity contribution >= 4 is 29.0 Å². The number of aromatic nitrogens is 1. The molecule has 1 saturated heterocycles. The number of anilines is 1. The Hall–Kier alpha value is -3.22. The monoisotopic (exact) mass is 448 g/mol. The van der Waals surface area contributed by atoms with Gasteiger partial charge in [0.2, 0.25) is 0 Å². The fourth-order valence-corrected chi connectivity index (χ4v) is 4.06. The molecule has 1 aromatic heterocycles. The van der Waals surface area contributed by atoms with Gasteiger partial charge in [0, 0.05) is 41.7 Å². The van der Waals surface area contributed by atoms with Crippen molar-refractivity contribution in [3.05, 3.63) is 83.0 Å². The molecule has 1 aliphatic heterocycles. The third kappa shape index (κ3) is 4.98. The van der Waals surface area contributed by atoms with E-state index in [9.17, 15) is 4.79 Å². The van der Waals surface area contributed by atoms with Crippen molar-refractivity contribution in [2.24, 2.45) is 0 Å². The van der Waals surface area contributed by atoms with Crippen LogP contribution in [-0.4, -0.2) is 46.9 Å². The standard InChI is InChI=1S/C25H25ClN4O2/c1-16-14-30(15-17(2)32-16)24(27)18-6-8-19(9-7-18)25(31)29-20-10-11-22(26)21(13-20)23-5-3-4-12-28-23/h3-13,16-17,27H,14-15H2,1-2H3,(H,29,31). The highest BCUT2D eigenvalue weighted by Gasteiger charge is 2.24. The number of morpholine rings is 1. The fourth-order valence-electron chi connectivity index (χ4n) is 3.85. The molecular formula is C25H25ClN4O2. The van der Waals surface area contributed by atoms with Gasteiger partial charge < -0.3 is 15.0 Å². The molecule has 0 spiro atoms. The average molecular weight is 449 g/mol. The van der Waals surface area contributed by atoms with Crippen LogP contribution in [0.2, 0.25) is 5.02 Å². The van der Waals surface area contributed by atoms with Gasteiger partial charge in [0.1, 0.15) is 5.84 Å².